The molecule has 0 saturated carbocycles. The van der Waals surface area contributed by atoms with Gasteiger partial charge in [-0.1, -0.05) is 0 Å². The van der Waals surface area contributed by atoms with Crippen LogP contribution in [0.3, 0.4) is 0 Å². The Kier molecular flexibility index (Phi) is 3.80. The molecule has 0 atom stereocenters. The van der Waals surface area contributed by atoms with Gasteiger partial charge in [-0.15, -0.1) is 0 Å². The maximum absolute atomic E-state index is 13.0. The number of nitrogens with one attached hydrogen (secondary N) is 2. The van der Waals surface area contributed by atoms with Crippen LogP contribution in [0.5, 0.6) is 0 Å². The summed E-state index contributed by atoms with van der Waals surface area (Å²) in [5.74, 6) is 0.127. The van der Waals surface area contributed by atoms with Crippen LogP contribution in [0, 0.1) is 17.5 Å². The Morgan fingerprint density at radius 3 is 2.25 bits per heavy atom. The van der Waals surface area contributed by atoms with E-state index in [1.54, 1.807) is 0 Å². The summed E-state index contributed by atoms with van der Waals surface area (Å²) in [6.45, 7) is 0. The number of nitrogen functional groups attached to an aromatic ring is 1. The molecule has 0 aliphatic heterocycles. The SMILES string of the molecule is NNc1cnc(C(=O)Nc2cc(F)c(F)c(F)c2)cn1. The van der Waals surface area contributed by atoms with Gasteiger partial charge in [0.25, 0.3) is 5.91 Å². The van der Waals surface area contributed by atoms with E-state index in [1.165, 1.54) is 6.20 Å². The minimum atomic E-state index is -1.61. The molecule has 0 aliphatic rings. The Bertz CT molecular complexity index is 624. The summed E-state index contributed by atoms with van der Waals surface area (Å²) in [6, 6.07) is 1.30. The van der Waals surface area contributed by atoms with Crippen molar-refractivity contribution in [3.05, 3.63) is 47.7 Å². The van der Waals surface area contributed by atoms with Crippen LogP contribution in [-0.4, -0.2) is 15.9 Å². The smallest absolute Gasteiger partial charge is 0.275 e. The fraction of sp³-hybridized carbons (Fsp3) is 0. The van der Waals surface area contributed by atoms with Gasteiger partial charge in [-0.3, -0.25) is 4.79 Å². The number of amides is 1. The van der Waals surface area contributed by atoms with Crippen LogP contribution in [0.25, 0.3) is 0 Å². The van der Waals surface area contributed by atoms with Crippen LogP contribution < -0.4 is 16.6 Å². The molecule has 6 nitrogen and oxygen atoms in total. The minimum Gasteiger partial charge on any atom is -0.320 e. The molecule has 2 aromatic rings. The van der Waals surface area contributed by atoms with Gasteiger partial charge in [0.15, 0.2) is 23.3 Å². The zero-order valence-electron chi connectivity index (χ0n) is 9.82. The maximum Gasteiger partial charge on any atom is 0.275 e. The molecule has 0 spiro atoms. The molecule has 1 amide bonds. The molecule has 1 heterocycles. The Morgan fingerprint density at radius 2 is 1.75 bits per heavy atom. The number of hydrogen-bond donors (Lipinski definition) is 3. The third-order valence-corrected chi connectivity index (χ3v) is 2.27. The third kappa shape index (κ3) is 2.83. The molecule has 1 aromatic heterocycles. The first-order valence-electron chi connectivity index (χ1n) is 5.26. The molecular formula is C11H8F3N5O. The van der Waals surface area contributed by atoms with E-state index in [1.807, 2.05) is 0 Å². The fourth-order valence-electron chi connectivity index (χ4n) is 1.34. The predicted octanol–water partition coefficient (Wildman–Crippen LogP) is 1.43. The molecule has 2 rings (SSSR count). The molecule has 104 valence electrons. The maximum atomic E-state index is 13.0. The van der Waals surface area contributed by atoms with Crippen molar-refractivity contribution in [3.63, 3.8) is 0 Å². The number of carbonyl (C=O) groups is 1. The summed E-state index contributed by atoms with van der Waals surface area (Å²) in [5, 5.41) is 2.16. The van der Waals surface area contributed by atoms with Gasteiger partial charge < -0.3 is 10.7 Å². The lowest BCUT2D eigenvalue weighted by atomic mass is 10.2. The summed E-state index contributed by atoms with van der Waals surface area (Å²) >= 11 is 0. The Balaban J connectivity index is 2.18. The van der Waals surface area contributed by atoms with Gasteiger partial charge in [0, 0.05) is 17.8 Å². The lowest BCUT2D eigenvalue weighted by Gasteiger charge is -2.06. The summed E-state index contributed by atoms with van der Waals surface area (Å²) in [5.41, 5.74) is 1.87. The third-order valence-electron chi connectivity index (χ3n) is 2.27. The molecule has 20 heavy (non-hydrogen) atoms. The summed E-state index contributed by atoms with van der Waals surface area (Å²) < 4.78 is 38.7. The summed E-state index contributed by atoms with van der Waals surface area (Å²) in [4.78, 5) is 19.2. The number of nitrogens with zero attached hydrogens (tertiary/aromatic N) is 2. The molecule has 1 aromatic carbocycles. The molecule has 9 heteroatoms. The van der Waals surface area contributed by atoms with Gasteiger partial charge in [-0.25, -0.2) is 29.0 Å². The Morgan fingerprint density at radius 1 is 1.10 bits per heavy atom. The lowest BCUT2D eigenvalue weighted by Crippen LogP contribution is -2.16. The van der Waals surface area contributed by atoms with Gasteiger partial charge in [-0.2, -0.15) is 0 Å². The zero-order chi connectivity index (χ0) is 14.7. The number of carbonyl (C=O) groups excluding carboxylic acids is 1. The highest BCUT2D eigenvalue weighted by Gasteiger charge is 2.14. The van der Waals surface area contributed by atoms with Crippen molar-refractivity contribution in [2.45, 2.75) is 0 Å². The van der Waals surface area contributed by atoms with Gasteiger partial charge in [0.1, 0.15) is 5.69 Å². The van der Waals surface area contributed by atoms with Crippen LogP contribution in [0.4, 0.5) is 24.7 Å². The summed E-state index contributed by atoms with van der Waals surface area (Å²) in [7, 11) is 0. The number of nitrogens with two attached hydrogens (primary N) is 1. The molecule has 0 aliphatic carbocycles. The number of benzene rings is 1. The van der Waals surface area contributed by atoms with E-state index in [-0.39, 0.29) is 17.2 Å². The van der Waals surface area contributed by atoms with E-state index < -0.39 is 23.4 Å². The predicted molar refractivity (Wildman–Crippen MR) is 64.1 cm³/mol. The average Bonchev–Trinajstić information content (AvgIpc) is 2.44. The van der Waals surface area contributed by atoms with E-state index >= 15 is 0 Å². The first-order valence-corrected chi connectivity index (χ1v) is 5.26. The van der Waals surface area contributed by atoms with Crippen LogP contribution in [0.15, 0.2) is 24.5 Å². The Hall–Kier alpha value is -2.68. The topological polar surface area (TPSA) is 92.9 Å². The minimum absolute atomic E-state index is 0.103. The second-order valence-corrected chi connectivity index (χ2v) is 3.64. The highest BCUT2D eigenvalue weighted by atomic mass is 19.2. The van der Waals surface area contributed by atoms with Crippen molar-refractivity contribution < 1.29 is 18.0 Å². The van der Waals surface area contributed by atoms with E-state index in [0.717, 1.165) is 6.20 Å². The highest BCUT2D eigenvalue weighted by molar-refractivity contribution is 6.02. The van der Waals surface area contributed by atoms with Crippen molar-refractivity contribution in [2.24, 2.45) is 5.84 Å². The second-order valence-electron chi connectivity index (χ2n) is 3.64. The number of rotatable bonds is 3. The van der Waals surface area contributed by atoms with Gasteiger partial charge in [0.2, 0.25) is 0 Å². The Labute approximate surface area is 110 Å². The second kappa shape index (κ2) is 5.53. The normalized spacial score (nSPS) is 10.2. The average molecular weight is 283 g/mol. The van der Waals surface area contributed by atoms with Crippen molar-refractivity contribution in [1.82, 2.24) is 9.97 Å². The standard InChI is InChI=1S/C11H8F3N5O/c12-6-1-5(2-7(13)10(6)14)18-11(20)8-3-17-9(19-15)4-16-8/h1-4H,15H2,(H,17,19)(H,18,20). The van der Waals surface area contributed by atoms with Crippen LogP contribution in [0.2, 0.25) is 0 Å². The van der Waals surface area contributed by atoms with Gasteiger partial charge >= 0.3 is 0 Å². The van der Waals surface area contributed by atoms with E-state index in [9.17, 15) is 18.0 Å². The van der Waals surface area contributed by atoms with Crippen LogP contribution in [0.1, 0.15) is 10.5 Å². The van der Waals surface area contributed by atoms with E-state index in [2.05, 4.69) is 20.7 Å². The van der Waals surface area contributed by atoms with Crippen LogP contribution in [-0.2, 0) is 0 Å². The highest BCUT2D eigenvalue weighted by Crippen LogP contribution is 2.17. The van der Waals surface area contributed by atoms with Crippen molar-refractivity contribution >= 4 is 17.4 Å². The molecule has 0 bridgehead atoms. The zero-order valence-corrected chi connectivity index (χ0v) is 9.82. The van der Waals surface area contributed by atoms with E-state index in [0.29, 0.717) is 12.1 Å². The van der Waals surface area contributed by atoms with Crippen molar-refractivity contribution in [2.75, 3.05) is 10.7 Å². The van der Waals surface area contributed by atoms with Gasteiger partial charge in [-0.05, 0) is 0 Å². The monoisotopic (exact) mass is 283 g/mol. The number of aromatic nitrogens is 2. The lowest BCUT2D eigenvalue weighted by molar-refractivity contribution is 0.102. The van der Waals surface area contributed by atoms with Gasteiger partial charge in [0.05, 0.1) is 12.4 Å². The van der Waals surface area contributed by atoms with Crippen LogP contribution >= 0.6 is 0 Å². The van der Waals surface area contributed by atoms with Crippen molar-refractivity contribution in [1.29, 1.82) is 0 Å². The molecule has 0 radical (unpaired) electrons. The molecule has 4 N–H and O–H groups in total. The number of hydrogen-bond acceptors (Lipinski definition) is 5. The first-order chi connectivity index (χ1) is 9.51. The largest absolute Gasteiger partial charge is 0.320 e. The molecule has 0 saturated heterocycles. The first kappa shape index (κ1) is 13.7. The molecule has 0 unspecified atom stereocenters. The number of hydrazine groups is 1. The summed E-state index contributed by atoms with van der Waals surface area (Å²) in [6.07, 6.45) is 2.31. The quantitative estimate of drug-likeness (QED) is 0.450. The molecular weight excluding hydrogens is 275 g/mol. The number of halogens is 3. The van der Waals surface area contributed by atoms with Crippen molar-refractivity contribution in [3.8, 4) is 0 Å². The molecule has 0 fully saturated rings. The van der Waals surface area contributed by atoms with E-state index in [4.69, 9.17) is 5.84 Å². The number of anilines is 2. The fourth-order valence-corrected chi connectivity index (χ4v) is 1.34.